The van der Waals surface area contributed by atoms with E-state index in [-0.39, 0.29) is 0 Å². The minimum Gasteiger partial charge on any atom is -0.490 e. The molecule has 0 atom stereocenters. The van der Waals surface area contributed by atoms with Crippen LogP contribution in [-0.4, -0.2) is 37.2 Å². The molecule has 0 aromatic carbocycles. The average Bonchev–Trinajstić information content (AvgIpc) is 2.17. The number of halogens is 1. The Kier molecular flexibility index (Phi) is 3.91. The van der Waals surface area contributed by atoms with Crippen LogP contribution in [-0.2, 0) is 0 Å². The second kappa shape index (κ2) is 4.97. The van der Waals surface area contributed by atoms with Gasteiger partial charge in [0, 0.05) is 20.1 Å². The maximum absolute atomic E-state index is 5.84. The van der Waals surface area contributed by atoms with Gasteiger partial charge in [-0.05, 0) is 0 Å². The van der Waals surface area contributed by atoms with Crippen molar-refractivity contribution in [3.8, 4) is 5.75 Å². The largest absolute Gasteiger partial charge is 0.490 e. The quantitative estimate of drug-likeness (QED) is 0.744. The molecule has 0 amide bonds. The fourth-order valence-corrected chi connectivity index (χ4v) is 1.30. The van der Waals surface area contributed by atoms with Crippen LogP contribution in [0.5, 0.6) is 5.75 Å². The smallest absolute Gasteiger partial charge is 0.199 e. The Labute approximate surface area is 87.8 Å². The summed E-state index contributed by atoms with van der Waals surface area (Å²) in [5, 5.41) is 0.307. The molecule has 0 saturated carbocycles. The Morgan fingerprint density at radius 2 is 2.29 bits per heavy atom. The summed E-state index contributed by atoms with van der Waals surface area (Å²) >= 11 is 5.84. The van der Waals surface area contributed by atoms with Gasteiger partial charge in [0.2, 0.25) is 0 Å². The van der Waals surface area contributed by atoms with E-state index < -0.39 is 0 Å². The van der Waals surface area contributed by atoms with Crippen molar-refractivity contribution in [1.82, 2.24) is 9.97 Å². The van der Waals surface area contributed by atoms with Crippen LogP contribution >= 0.6 is 11.6 Å². The van der Waals surface area contributed by atoms with E-state index in [0.717, 1.165) is 0 Å². The van der Waals surface area contributed by atoms with Crippen LogP contribution < -0.4 is 15.4 Å². The van der Waals surface area contributed by atoms with Gasteiger partial charge in [0.05, 0.1) is 7.11 Å². The zero-order chi connectivity index (χ0) is 10.6. The van der Waals surface area contributed by atoms with E-state index in [0.29, 0.717) is 29.8 Å². The molecule has 14 heavy (non-hydrogen) atoms. The van der Waals surface area contributed by atoms with Gasteiger partial charge >= 0.3 is 0 Å². The van der Waals surface area contributed by atoms with Crippen molar-refractivity contribution in [1.29, 1.82) is 0 Å². The average molecular weight is 217 g/mol. The van der Waals surface area contributed by atoms with E-state index >= 15 is 0 Å². The summed E-state index contributed by atoms with van der Waals surface area (Å²) in [6.45, 7) is 1.23. The molecule has 0 aliphatic rings. The number of methoxy groups -OCH3 is 1. The van der Waals surface area contributed by atoms with Crippen LogP contribution in [0.1, 0.15) is 0 Å². The highest BCUT2D eigenvalue weighted by Gasteiger charge is 2.13. The number of aromatic nitrogens is 2. The summed E-state index contributed by atoms with van der Waals surface area (Å²) in [7, 11) is 3.40. The topological polar surface area (TPSA) is 64.3 Å². The molecule has 0 aliphatic heterocycles. The molecule has 0 saturated heterocycles. The summed E-state index contributed by atoms with van der Waals surface area (Å²) in [4.78, 5) is 9.77. The number of hydrogen-bond acceptors (Lipinski definition) is 5. The highest BCUT2D eigenvalue weighted by molar-refractivity contribution is 6.31. The molecular weight excluding hydrogens is 204 g/mol. The van der Waals surface area contributed by atoms with Crippen molar-refractivity contribution in [3.63, 3.8) is 0 Å². The van der Waals surface area contributed by atoms with Crippen LogP contribution in [0, 0.1) is 0 Å². The monoisotopic (exact) mass is 216 g/mol. The number of anilines is 1. The minimum atomic E-state index is 0.307. The standard InChI is InChI=1S/C8H13ClN4O/c1-13(4-3-10)8-6(14-2)7(9)11-5-12-8/h5H,3-4,10H2,1-2H3. The molecular formula is C8H13ClN4O. The predicted octanol–water partition coefficient (Wildman–Crippen LogP) is 0.533. The third kappa shape index (κ3) is 2.24. The zero-order valence-electron chi connectivity index (χ0n) is 8.20. The Morgan fingerprint density at radius 3 is 2.86 bits per heavy atom. The summed E-state index contributed by atoms with van der Waals surface area (Å²) < 4.78 is 5.10. The first-order valence-corrected chi connectivity index (χ1v) is 4.54. The van der Waals surface area contributed by atoms with Gasteiger partial charge in [0.25, 0.3) is 0 Å². The molecule has 6 heteroatoms. The number of rotatable bonds is 4. The van der Waals surface area contributed by atoms with Crippen molar-refractivity contribution in [2.24, 2.45) is 5.73 Å². The lowest BCUT2D eigenvalue weighted by Gasteiger charge is -2.19. The molecule has 0 radical (unpaired) electrons. The minimum absolute atomic E-state index is 0.307. The van der Waals surface area contributed by atoms with Crippen molar-refractivity contribution in [3.05, 3.63) is 11.5 Å². The van der Waals surface area contributed by atoms with Crippen molar-refractivity contribution in [2.45, 2.75) is 0 Å². The first kappa shape index (κ1) is 11.0. The molecule has 0 bridgehead atoms. The maximum atomic E-state index is 5.84. The summed E-state index contributed by atoms with van der Waals surface area (Å²) in [6, 6.07) is 0. The number of hydrogen-bond donors (Lipinski definition) is 1. The number of nitrogens with two attached hydrogens (primary N) is 1. The molecule has 0 spiro atoms. The van der Waals surface area contributed by atoms with E-state index in [9.17, 15) is 0 Å². The van der Waals surface area contributed by atoms with E-state index in [2.05, 4.69) is 9.97 Å². The zero-order valence-corrected chi connectivity index (χ0v) is 8.95. The van der Waals surface area contributed by atoms with Crippen molar-refractivity contribution in [2.75, 3.05) is 32.1 Å². The molecule has 1 heterocycles. The first-order valence-electron chi connectivity index (χ1n) is 4.16. The molecule has 1 aromatic heterocycles. The summed E-state index contributed by atoms with van der Waals surface area (Å²) in [5.74, 6) is 1.13. The van der Waals surface area contributed by atoms with E-state index in [1.807, 2.05) is 11.9 Å². The molecule has 1 rings (SSSR count). The number of ether oxygens (including phenoxy) is 1. The Bertz CT molecular complexity index is 307. The van der Waals surface area contributed by atoms with Crippen LogP contribution in [0.4, 0.5) is 5.82 Å². The van der Waals surface area contributed by atoms with Gasteiger partial charge in [0.1, 0.15) is 6.33 Å². The van der Waals surface area contributed by atoms with E-state index in [1.54, 1.807) is 0 Å². The van der Waals surface area contributed by atoms with Crippen LogP contribution in [0.2, 0.25) is 5.15 Å². The predicted molar refractivity (Wildman–Crippen MR) is 55.9 cm³/mol. The second-order valence-electron chi connectivity index (χ2n) is 2.73. The number of nitrogens with zero attached hydrogens (tertiary/aromatic N) is 3. The SMILES string of the molecule is COc1c(Cl)ncnc1N(C)CCN. The number of likely N-dealkylation sites (N-methyl/N-ethyl adjacent to an activating group) is 1. The Balaban J connectivity index is 3.00. The van der Waals surface area contributed by atoms with Gasteiger partial charge in [-0.1, -0.05) is 11.6 Å². The van der Waals surface area contributed by atoms with Gasteiger partial charge in [-0.3, -0.25) is 0 Å². The third-order valence-electron chi connectivity index (χ3n) is 1.77. The fraction of sp³-hybridized carbons (Fsp3) is 0.500. The maximum Gasteiger partial charge on any atom is 0.199 e. The van der Waals surface area contributed by atoms with E-state index in [1.165, 1.54) is 13.4 Å². The van der Waals surface area contributed by atoms with Crippen molar-refractivity contribution < 1.29 is 4.74 Å². The molecule has 2 N–H and O–H groups in total. The molecule has 0 unspecified atom stereocenters. The normalized spacial score (nSPS) is 10.0. The molecule has 1 aromatic rings. The highest BCUT2D eigenvalue weighted by Crippen LogP contribution is 2.30. The summed E-state index contributed by atoms with van der Waals surface area (Å²) in [5.41, 5.74) is 5.44. The lowest BCUT2D eigenvalue weighted by molar-refractivity contribution is 0.411. The van der Waals surface area contributed by atoms with Gasteiger partial charge < -0.3 is 15.4 Å². The van der Waals surface area contributed by atoms with Crippen LogP contribution in [0.25, 0.3) is 0 Å². The van der Waals surface area contributed by atoms with Crippen molar-refractivity contribution >= 4 is 17.4 Å². The fourth-order valence-electron chi connectivity index (χ4n) is 1.09. The molecule has 0 aliphatic carbocycles. The van der Waals surface area contributed by atoms with Gasteiger partial charge in [-0.2, -0.15) is 0 Å². The van der Waals surface area contributed by atoms with Gasteiger partial charge in [-0.25, -0.2) is 9.97 Å². The lowest BCUT2D eigenvalue weighted by atomic mass is 10.4. The first-order chi connectivity index (χ1) is 6.70. The third-order valence-corrected chi connectivity index (χ3v) is 2.04. The van der Waals surface area contributed by atoms with Gasteiger partial charge in [0.15, 0.2) is 16.7 Å². The lowest BCUT2D eigenvalue weighted by Crippen LogP contribution is -2.26. The Hall–Kier alpha value is -1.07. The van der Waals surface area contributed by atoms with Crippen LogP contribution in [0.3, 0.4) is 0 Å². The second-order valence-corrected chi connectivity index (χ2v) is 3.09. The van der Waals surface area contributed by atoms with Gasteiger partial charge in [-0.15, -0.1) is 0 Å². The Morgan fingerprint density at radius 1 is 1.57 bits per heavy atom. The highest BCUT2D eigenvalue weighted by atomic mass is 35.5. The molecule has 78 valence electrons. The molecule has 0 fully saturated rings. The van der Waals surface area contributed by atoms with E-state index in [4.69, 9.17) is 22.1 Å². The summed E-state index contributed by atoms with van der Waals surface area (Å²) in [6.07, 6.45) is 1.40. The molecule has 5 nitrogen and oxygen atoms in total. The van der Waals surface area contributed by atoms with Crippen LogP contribution in [0.15, 0.2) is 6.33 Å².